The fourth-order valence-corrected chi connectivity index (χ4v) is 4.53. The number of carbonyl (C=O) groups excluding carboxylic acids is 1. The largest absolute Gasteiger partial charge is 0.493 e. The number of nitrogens with two attached hydrogens (primary N) is 1. The van der Waals surface area contributed by atoms with E-state index in [9.17, 15) is 4.79 Å². The maximum Gasteiger partial charge on any atom is 0.255 e. The normalized spacial score (nSPS) is 17.3. The zero-order valence-electron chi connectivity index (χ0n) is 16.0. The van der Waals surface area contributed by atoms with Crippen molar-refractivity contribution in [1.29, 1.82) is 0 Å². The van der Waals surface area contributed by atoms with E-state index < -0.39 is 0 Å². The van der Waals surface area contributed by atoms with E-state index in [1.165, 1.54) is 5.56 Å². The second-order valence-electron chi connectivity index (χ2n) is 6.70. The van der Waals surface area contributed by atoms with Crippen molar-refractivity contribution < 1.29 is 9.53 Å². The van der Waals surface area contributed by atoms with Crippen molar-refractivity contribution in [3.63, 3.8) is 0 Å². The van der Waals surface area contributed by atoms with E-state index in [0.29, 0.717) is 35.2 Å². The van der Waals surface area contributed by atoms with Gasteiger partial charge in [0.25, 0.3) is 5.91 Å². The van der Waals surface area contributed by atoms with Gasteiger partial charge in [0, 0.05) is 43.2 Å². The molecular weight excluding hydrogens is 394 g/mol. The fraction of sp³-hybridized carbons (Fsp3) is 0.381. The minimum Gasteiger partial charge on any atom is -0.493 e. The van der Waals surface area contributed by atoms with Crippen LogP contribution in [-0.2, 0) is 6.54 Å². The number of benzene rings is 2. The van der Waals surface area contributed by atoms with E-state index in [4.69, 9.17) is 22.1 Å². The van der Waals surface area contributed by atoms with Crippen LogP contribution in [0.2, 0.25) is 5.02 Å². The van der Waals surface area contributed by atoms with Crippen LogP contribution in [0.4, 0.5) is 5.69 Å². The van der Waals surface area contributed by atoms with Crippen LogP contribution in [0.1, 0.15) is 22.8 Å². The molecule has 1 aliphatic rings. The third-order valence-electron chi connectivity index (χ3n) is 4.72. The highest BCUT2D eigenvalue weighted by Gasteiger charge is 2.24. The number of amides is 1. The van der Waals surface area contributed by atoms with Gasteiger partial charge in [-0.2, -0.15) is 11.8 Å². The van der Waals surface area contributed by atoms with Gasteiger partial charge >= 0.3 is 0 Å². The molecule has 0 bridgehead atoms. The number of carbonyl (C=O) groups is 1. The second-order valence-corrected chi connectivity index (χ2v) is 8.25. The number of halogens is 1. The minimum absolute atomic E-state index is 0.194. The highest BCUT2D eigenvalue weighted by Crippen LogP contribution is 2.29. The first-order chi connectivity index (χ1) is 13.6. The van der Waals surface area contributed by atoms with Gasteiger partial charge in [-0.25, -0.2) is 0 Å². The molecule has 1 fully saturated rings. The summed E-state index contributed by atoms with van der Waals surface area (Å²) in [4.78, 5) is 15.2. The number of thioether (sulfide) groups is 1. The smallest absolute Gasteiger partial charge is 0.255 e. The van der Waals surface area contributed by atoms with Crippen LogP contribution in [-0.4, -0.2) is 48.1 Å². The summed E-state index contributed by atoms with van der Waals surface area (Å²) in [5.41, 5.74) is 7.95. The second kappa shape index (κ2) is 10.0. The summed E-state index contributed by atoms with van der Waals surface area (Å²) in [7, 11) is 0. The van der Waals surface area contributed by atoms with E-state index in [2.05, 4.69) is 34.5 Å². The van der Waals surface area contributed by atoms with E-state index in [0.717, 1.165) is 24.6 Å². The molecule has 2 aromatic carbocycles. The Balaban J connectivity index is 1.66. The lowest BCUT2D eigenvalue weighted by Gasteiger charge is -2.35. The molecule has 28 heavy (non-hydrogen) atoms. The van der Waals surface area contributed by atoms with Crippen LogP contribution in [0.5, 0.6) is 5.75 Å². The van der Waals surface area contributed by atoms with E-state index >= 15 is 0 Å². The Morgan fingerprint density at radius 2 is 2.14 bits per heavy atom. The highest BCUT2D eigenvalue weighted by molar-refractivity contribution is 7.99. The van der Waals surface area contributed by atoms with E-state index in [-0.39, 0.29) is 11.9 Å². The molecule has 1 atom stereocenters. The summed E-state index contributed by atoms with van der Waals surface area (Å²) in [5.74, 6) is 2.37. The topological polar surface area (TPSA) is 67.6 Å². The van der Waals surface area contributed by atoms with Crippen molar-refractivity contribution >= 4 is 35.0 Å². The van der Waals surface area contributed by atoms with Crippen molar-refractivity contribution in [2.24, 2.45) is 0 Å². The number of nitrogens with zero attached hydrogens (tertiary/aromatic N) is 1. The molecular formula is C21H26ClN3O2S. The van der Waals surface area contributed by atoms with Crippen molar-refractivity contribution in [3.8, 4) is 5.75 Å². The molecule has 0 spiro atoms. The first-order valence-corrected chi connectivity index (χ1v) is 11.0. The predicted molar refractivity (Wildman–Crippen MR) is 117 cm³/mol. The number of rotatable bonds is 7. The van der Waals surface area contributed by atoms with Crippen LogP contribution >= 0.6 is 23.4 Å². The third-order valence-corrected chi connectivity index (χ3v) is 6.14. The van der Waals surface area contributed by atoms with Crippen LogP contribution in [0.15, 0.2) is 42.5 Å². The number of hydrogen-bond acceptors (Lipinski definition) is 5. The molecule has 1 amide bonds. The monoisotopic (exact) mass is 419 g/mol. The van der Waals surface area contributed by atoms with E-state index in [1.54, 1.807) is 12.1 Å². The van der Waals surface area contributed by atoms with Crippen LogP contribution in [0.3, 0.4) is 0 Å². The van der Waals surface area contributed by atoms with Gasteiger partial charge in [0.15, 0.2) is 0 Å². The van der Waals surface area contributed by atoms with Gasteiger partial charge in [-0.3, -0.25) is 9.69 Å². The van der Waals surface area contributed by atoms with Crippen molar-refractivity contribution in [3.05, 3.63) is 58.6 Å². The van der Waals surface area contributed by atoms with Gasteiger partial charge < -0.3 is 15.8 Å². The summed E-state index contributed by atoms with van der Waals surface area (Å²) in [5, 5.41) is 3.41. The van der Waals surface area contributed by atoms with Crippen molar-refractivity contribution in [2.45, 2.75) is 19.5 Å². The first kappa shape index (κ1) is 20.8. The van der Waals surface area contributed by atoms with Crippen LogP contribution in [0.25, 0.3) is 0 Å². The fourth-order valence-electron chi connectivity index (χ4n) is 3.23. The molecule has 1 heterocycles. The number of nitrogens with one attached hydrogen (secondary N) is 1. The Hall–Kier alpha value is -1.89. The number of anilines is 1. The molecule has 1 unspecified atom stereocenters. The summed E-state index contributed by atoms with van der Waals surface area (Å²) in [6.07, 6.45) is 0. The molecule has 1 aliphatic heterocycles. The molecule has 150 valence electrons. The molecule has 3 rings (SSSR count). The first-order valence-electron chi connectivity index (χ1n) is 9.44. The zero-order chi connectivity index (χ0) is 19.9. The summed E-state index contributed by atoms with van der Waals surface area (Å²) < 4.78 is 5.57. The van der Waals surface area contributed by atoms with Crippen LogP contribution in [0, 0.1) is 0 Å². The summed E-state index contributed by atoms with van der Waals surface area (Å²) in [6.45, 7) is 4.79. The molecule has 1 saturated heterocycles. The highest BCUT2D eigenvalue weighted by atomic mass is 35.5. The molecule has 7 heteroatoms. The predicted octanol–water partition coefficient (Wildman–Crippen LogP) is 3.67. The average Bonchev–Trinajstić information content (AvgIpc) is 2.70. The van der Waals surface area contributed by atoms with Gasteiger partial charge in [0.2, 0.25) is 0 Å². The number of hydrogen-bond donors (Lipinski definition) is 2. The lowest BCUT2D eigenvalue weighted by molar-refractivity contribution is 0.0932. The van der Waals surface area contributed by atoms with Gasteiger partial charge in [-0.1, -0.05) is 41.9 Å². The van der Waals surface area contributed by atoms with Gasteiger partial charge in [-0.05, 0) is 18.6 Å². The van der Waals surface area contributed by atoms with Gasteiger partial charge in [-0.15, -0.1) is 0 Å². The van der Waals surface area contributed by atoms with Crippen molar-refractivity contribution in [1.82, 2.24) is 10.2 Å². The third kappa shape index (κ3) is 5.34. The lowest BCUT2D eigenvalue weighted by Crippen LogP contribution is -2.48. The van der Waals surface area contributed by atoms with Gasteiger partial charge in [0.1, 0.15) is 5.75 Å². The van der Waals surface area contributed by atoms with Gasteiger partial charge in [0.05, 0.1) is 22.9 Å². The summed E-state index contributed by atoms with van der Waals surface area (Å²) >= 11 is 8.05. The van der Waals surface area contributed by atoms with Crippen molar-refractivity contribution in [2.75, 3.05) is 36.9 Å². The maximum absolute atomic E-state index is 12.8. The molecule has 3 N–H and O–H groups in total. The lowest BCUT2D eigenvalue weighted by atomic mass is 10.1. The molecule has 2 aromatic rings. The Bertz CT molecular complexity index is 804. The molecule has 0 radical (unpaired) electrons. The maximum atomic E-state index is 12.8. The number of ether oxygens (including phenoxy) is 1. The van der Waals surface area contributed by atoms with Crippen LogP contribution < -0.4 is 15.8 Å². The molecule has 0 aliphatic carbocycles. The minimum atomic E-state index is -0.194. The zero-order valence-corrected chi connectivity index (χ0v) is 17.6. The summed E-state index contributed by atoms with van der Waals surface area (Å²) in [6, 6.07) is 13.9. The molecule has 5 nitrogen and oxygen atoms in total. The quantitative estimate of drug-likeness (QED) is 0.670. The molecule has 0 saturated carbocycles. The average molecular weight is 420 g/mol. The van der Waals surface area contributed by atoms with E-state index in [1.807, 2.05) is 24.8 Å². The Morgan fingerprint density at radius 1 is 1.36 bits per heavy atom. The Kier molecular flexibility index (Phi) is 7.48. The SMILES string of the molecule is CCOc1cc(N)c(Cl)cc1C(=O)NCC1CSCCN1Cc1ccccc1. The standard InChI is InChI=1S/C21H26ClN3O2S/c1-2-27-20-11-19(23)18(22)10-17(20)21(26)24-12-16-14-28-9-8-25(16)13-15-6-4-3-5-7-15/h3-7,10-11,16H,2,8-9,12-14,23H2,1H3,(H,24,26). The Labute approximate surface area is 175 Å². The number of nitrogen functional groups attached to an aromatic ring is 1. The molecule has 0 aromatic heterocycles. The Morgan fingerprint density at radius 3 is 2.89 bits per heavy atom.